The van der Waals surface area contributed by atoms with E-state index in [4.69, 9.17) is 26.3 Å². The molecule has 194 valence electrons. The lowest BCUT2D eigenvalue weighted by atomic mass is 10.3. The summed E-state index contributed by atoms with van der Waals surface area (Å²) in [5.41, 5.74) is 0. The highest BCUT2D eigenvalue weighted by molar-refractivity contribution is 5.76. The highest BCUT2D eigenvalue weighted by Gasteiger charge is 2.27. The van der Waals surface area contributed by atoms with Crippen molar-refractivity contribution in [3.05, 3.63) is 0 Å². The summed E-state index contributed by atoms with van der Waals surface area (Å²) in [6, 6.07) is 10.3. The van der Waals surface area contributed by atoms with Gasteiger partial charge in [-0.3, -0.25) is 14.7 Å². The second-order valence-electron chi connectivity index (χ2n) is 8.24. The number of hydrogen-bond donors (Lipinski definition) is 2. The topological polar surface area (TPSA) is 176 Å². The standard InChI is InChI=1S/C23H36N12O/c24-1-6-29-7-15-33(18-17-32(12-4-27)13-5-28)19-20-35-22-21-34(23(35)36)16-9-30-8-14-31(10-2-25)11-3-26/h29-30H,6-22H2. The quantitative estimate of drug-likeness (QED) is 0.147. The SMILES string of the molecule is N#CCNCCN(CCN(CC#N)CC#N)CCN1CCN(CCNCCN(CC#N)CC#N)C1=O. The molecule has 0 aromatic heterocycles. The van der Waals surface area contributed by atoms with Crippen LogP contribution in [0.25, 0.3) is 0 Å². The fraction of sp³-hybridized carbons (Fsp3) is 0.739. The minimum absolute atomic E-state index is 0.00512. The Bertz CT molecular complexity index is 814. The number of amides is 2. The van der Waals surface area contributed by atoms with Gasteiger partial charge in [-0.25, -0.2) is 4.79 Å². The van der Waals surface area contributed by atoms with Gasteiger partial charge in [-0.15, -0.1) is 0 Å². The van der Waals surface area contributed by atoms with Gasteiger partial charge in [0.05, 0.1) is 63.1 Å². The summed E-state index contributed by atoms with van der Waals surface area (Å²) in [7, 11) is 0. The Morgan fingerprint density at radius 1 is 0.611 bits per heavy atom. The molecule has 0 saturated carbocycles. The third-order valence-corrected chi connectivity index (χ3v) is 5.75. The predicted octanol–water partition coefficient (Wildman–Crippen LogP) is -1.57. The average molecular weight is 497 g/mol. The molecule has 0 bridgehead atoms. The van der Waals surface area contributed by atoms with Gasteiger partial charge in [0.2, 0.25) is 0 Å². The number of carbonyl (C=O) groups is 1. The zero-order valence-corrected chi connectivity index (χ0v) is 20.9. The van der Waals surface area contributed by atoms with Crippen LogP contribution in [-0.2, 0) is 0 Å². The van der Waals surface area contributed by atoms with E-state index < -0.39 is 0 Å². The molecule has 0 aromatic rings. The maximum Gasteiger partial charge on any atom is 0.320 e. The van der Waals surface area contributed by atoms with E-state index in [2.05, 4.69) is 45.9 Å². The van der Waals surface area contributed by atoms with Crippen LogP contribution in [0.15, 0.2) is 0 Å². The molecular weight excluding hydrogens is 460 g/mol. The first-order valence-electron chi connectivity index (χ1n) is 12.1. The molecule has 1 aliphatic heterocycles. The molecule has 1 heterocycles. The highest BCUT2D eigenvalue weighted by atomic mass is 16.2. The maximum absolute atomic E-state index is 12.8. The second-order valence-corrected chi connectivity index (χ2v) is 8.24. The van der Waals surface area contributed by atoms with Crippen molar-refractivity contribution in [2.24, 2.45) is 0 Å². The summed E-state index contributed by atoms with van der Waals surface area (Å²) in [6.07, 6.45) is 0. The number of urea groups is 1. The van der Waals surface area contributed by atoms with Gasteiger partial charge < -0.3 is 20.4 Å². The van der Waals surface area contributed by atoms with E-state index in [1.54, 1.807) is 9.80 Å². The van der Waals surface area contributed by atoms with Gasteiger partial charge in [-0.05, 0) is 0 Å². The first-order valence-corrected chi connectivity index (χ1v) is 12.1. The Labute approximate surface area is 214 Å². The van der Waals surface area contributed by atoms with Gasteiger partial charge >= 0.3 is 6.03 Å². The lowest BCUT2D eigenvalue weighted by Gasteiger charge is -2.27. The normalized spacial score (nSPS) is 13.0. The van der Waals surface area contributed by atoms with E-state index in [9.17, 15) is 4.79 Å². The maximum atomic E-state index is 12.8. The van der Waals surface area contributed by atoms with Crippen LogP contribution < -0.4 is 10.6 Å². The molecule has 2 amide bonds. The average Bonchev–Trinajstić information content (AvgIpc) is 3.22. The largest absolute Gasteiger partial charge is 0.322 e. The summed E-state index contributed by atoms with van der Waals surface area (Å²) >= 11 is 0. The van der Waals surface area contributed by atoms with Crippen molar-refractivity contribution in [2.45, 2.75) is 0 Å². The van der Waals surface area contributed by atoms with Gasteiger partial charge in [0, 0.05) is 78.5 Å². The number of carbonyl (C=O) groups excluding carboxylic acids is 1. The zero-order chi connectivity index (χ0) is 26.4. The lowest BCUT2D eigenvalue weighted by Crippen LogP contribution is -2.44. The molecule has 0 aromatic carbocycles. The molecule has 13 nitrogen and oxygen atoms in total. The van der Waals surface area contributed by atoms with Gasteiger partial charge in [0.15, 0.2) is 0 Å². The van der Waals surface area contributed by atoms with Crippen molar-refractivity contribution < 1.29 is 4.79 Å². The number of nitrogens with one attached hydrogen (secondary N) is 2. The Morgan fingerprint density at radius 2 is 1.11 bits per heavy atom. The molecule has 0 atom stereocenters. The lowest BCUT2D eigenvalue weighted by molar-refractivity contribution is 0.177. The van der Waals surface area contributed by atoms with Crippen molar-refractivity contribution in [1.29, 1.82) is 26.3 Å². The van der Waals surface area contributed by atoms with Crippen LogP contribution in [0.3, 0.4) is 0 Å². The van der Waals surface area contributed by atoms with E-state index >= 15 is 0 Å². The molecule has 13 heteroatoms. The monoisotopic (exact) mass is 496 g/mol. The van der Waals surface area contributed by atoms with Crippen LogP contribution in [-0.4, -0.2) is 142 Å². The van der Waals surface area contributed by atoms with Crippen molar-refractivity contribution >= 4 is 6.03 Å². The molecule has 0 radical (unpaired) electrons. The third kappa shape index (κ3) is 12.8. The molecule has 0 spiro atoms. The minimum atomic E-state index is 0.00512. The number of nitriles is 5. The summed E-state index contributed by atoms with van der Waals surface area (Å²) < 4.78 is 0. The molecule has 1 aliphatic rings. The summed E-state index contributed by atoms with van der Waals surface area (Å²) in [5.74, 6) is 0. The Kier molecular flexibility index (Phi) is 16.8. The first-order chi connectivity index (χ1) is 17.6. The Hall–Kier alpha value is -3.48. The molecule has 1 saturated heterocycles. The van der Waals surface area contributed by atoms with Crippen molar-refractivity contribution in [2.75, 3.05) is 111 Å². The van der Waals surface area contributed by atoms with Crippen molar-refractivity contribution in [3.8, 4) is 30.3 Å². The number of rotatable bonds is 20. The Balaban J connectivity index is 2.43. The summed E-state index contributed by atoms with van der Waals surface area (Å²) in [5, 5.41) is 50.5. The van der Waals surface area contributed by atoms with Gasteiger partial charge in [0.25, 0.3) is 0 Å². The van der Waals surface area contributed by atoms with Crippen LogP contribution in [0.5, 0.6) is 0 Å². The smallest absolute Gasteiger partial charge is 0.320 e. The van der Waals surface area contributed by atoms with Crippen LogP contribution in [0, 0.1) is 56.7 Å². The first kappa shape index (κ1) is 30.6. The van der Waals surface area contributed by atoms with Gasteiger partial charge in [0.1, 0.15) is 0 Å². The summed E-state index contributed by atoms with van der Waals surface area (Å²) in [4.78, 5) is 22.2. The van der Waals surface area contributed by atoms with E-state index in [-0.39, 0.29) is 38.8 Å². The number of hydrogen-bond acceptors (Lipinski definition) is 11. The van der Waals surface area contributed by atoms with Gasteiger partial charge in [-0.1, -0.05) is 0 Å². The van der Waals surface area contributed by atoms with Crippen molar-refractivity contribution in [1.82, 2.24) is 35.1 Å². The van der Waals surface area contributed by atoms with Crippen LogP contribution in [0.4, 0.5) is 4.79 Å². The highest BCUT2D eigenvalue weighted by Crippen LogP contribution is 2.08. The molecule has 0 unspecified atom stereocenters. The van der Waals surface area contributed by atoms with Crippen LogP contribution >= 0.6 is 0 Å². The van der Waals surface area contributed by atoms with Crippen LogP contribution in [0.2, 0.25) is 0 Å². The van der Waals surface area contributed by atoms with Crippen LogP contribution in [0.1, 0.15) is 0 Å². The molecule has 2 N–H and O–H groups in total. The van der Waals surface area contributed by atoms with E-state index in [1.807, 2.05) is 9.80 Å². The third-order valence-electron chi connectivity index (χ3n) is 5.75. The van der Waals surface area contributed by atoms with Crippen molar-refractivity contribution in [3.63, 3.8) is 0 Å². The predicted molar refractivity (Wildman–Crippen MR) is 132 cm³/mol. The van der Waals surface area contributed by atoms with E-state index in [0.717, 1.165) is 0 Å². The molecule has 0 aliphatic carbocycles. The van der Waals surface area contributed by atoms with E-state index in [1.165, 1.54) is 0 Å². The van der Waals surface area contributed by atoms with Gasteiger partial charge in [-0.2, -0.15) is 26.3 Å². The molecular formula is C23H36N12O. The second kappa shape index (κ2) is 19.8. The Morgan fingerprint density at radius 3 is 1.69 bits per heavy atom. The minimum Gasteiger partial charge on any atom is -0.322 e. The van der Waals surface area contributed by atoms with E-state index in [0.29, 0.717) is 78.5 Å². The summed E-state index contributed by atoms with van der Waals surface area (Å²) in [6.45, 7) is 8.66. The zero-order valence-electron chi connectivity index (χ0n) is 20.9. The number of nitrogens with zero attached hydrogens (tertiary/aromatic N) is 10. The fourth-order valence-corrected chi connectivity index (χ4v) is 3.71. The molecule has 1 fully saturated rings. The molecule has 36 heavy (non-hydrogen) atoms. The molecule has 1 rings (SSSR count). The fourth-order valence-electron chi connectivity index (χ4n) is 3.71.